The number of hydrogen-bond acceptors (Lipinski definition) is 3. The van der Waals surface area contributed by atoms with Gasteiger partial charge < -0.3 is 15.8 Å². The Balaban J connectivity index is 2.13. The zero-order valence-corrected chi connectivity index (χ0v) is 11.0. The maximum Gasteiger partial charge on any atom is 0.231 e. The summed E-state index contributed by atoms with van der Waals surface area (Å²) in [5.74, 6) is 0.874. The second-order valence-corrected chi connectivity index (χ2v) is 5.32. The van der Waals surface area contributed by atoms with Crippen molar-refractivity contribution in [3.8, 4) is 5.75 Å². The lowest BCUT2D eigenvalue weighted by molar-refractivity contribution is -0.123. The highest BCUT2D eigenvalue weighted by molar-refractivity contribution is 5.95. The van der Waals surface area contributed by atoms with Crippen molar-refractivity contribution in [2.24, 2.45) is 11.1 Å². The minimum atomic E-state index is -0.549. The fourth-order valence-corrected chi connectivity index (χ4v) is 1.83. The summed E-state index contributed by atoms with van der Waals surface area (Å²) in [6.07, 6.45) is 2.03. The number of aryl methyl sites for hydroxylation is 1. The lowest BCUT2D eigenvalue weighted by Crippen LogP contribution is -2.37. The first-order valence-electron chi connectivity index (χ1n) is 6.30. The van der Waals surface area contributed by atoms with Crippen LogP contribution in [0.15, 0.2) is 18.2 Å². The van der Waals surface area contributed by atoms with Crippen molar-refractivity contribution in [3.63, 3.8) is 0 Å². The molecule has 0 fully saturated rings. The SMILES string of the molecule is CC(C)(CN)C(=O)Nc1ccc2c(c1)CCCO2. The van der Waals surface area contributed by atoms with Gasteiger partial charge in [0.15, 0.2) is 0 Å². The minimum Gasteiger partial charge on any atom is -0.493 e. The molecule has 0 aromatic heterocycles. The van der Waals surface area contributed by atoms with E-state index in [0.717, 1.165) is 36.4 Å². The molecule has 0 saturated heterocycles. The summed E-state index contributed by atoms with van der Waals surface area (Å²) in [7, 11) is 0. The fraction of sp³-hybridized carbons (Fsp3) is 0.500. The average Bonchev–Trinajstić information content (AvgIpc) is 2.38. The van der Waals surface area contributed by atoms with Gasteiger partial charge in [-0.3, -0.25) is 4.79 Å². The molecule has 0 spiro atoms. The summed E-state index contributed by atoms with van der Waals surface area (Å²) >= 11 is 0. The monoisotopic (exact) mass is 248 g/mol. The second-order valence-electron chi connectivity index (χ2n) is 5.32. The summed E-state index contributed by atoms with van der Waals surface area (Å²) in [4.78, 5) is 12.0. The van der Waals surface area contributed by atoms with E-state index in [1.54, 1.807) is 0 Å². The lowest BCUT2D eigenvalue weighted by atomic mass is 9.92. The van der Waals surface area contributed by atoms with Crippen LogP contribution in [0, 0.1) is 5.41 Å². The van der Waals surface area contributed by atoms with E-state index < -0.39 is 5.41 Å². The number of rotatable bonds is 3. The van der Waals surface area contributed by atoms with Crippen LogP contribution in [0.1, 0.15) is 25.8 Å². The van der Waals surface area contributed by atoms with E-state index in [2.05, 4.69) is 5.32 Å². The fourth-order valence-electron chi connectivity index (χ4n) is 1.83. The number of hydrogen-bond donors (Lipinski definition) is 2. The third kappa shape index (κ3) is 2.64. The van der Waals surface area contributed by atoms with Gasteiger partial charge in [0, 0.05) is 12.2 Å². The van der Waals surface area contributed by atoms with E-state index in [4.69, 9.17) is 10.5 Å². The minimum absolute atomic E-state index is 0.0540. The molecule has 3 N–H and O–H groups in total. The highest BCUT2D eigenvalue weighted by Gasteiger charge is 2.26. The molecule has 0 saturated carbocycles. The van der Waals surface area contributed by atoms with Crippen LogP contribution in [0.4, 0.5) is 5.69 Å². The number of ether oxygens (including phenoxy) is 1. The molecule has 0 atom stereocenters. The van der Waals surface area contributed by atoms with Gasteiger partial charge in [-0.05, 0) is 50.5 Å². The predicted molar refractivity (Wildman–Crippen MR) is 71.7 cm³/mol. The maximum atomic E-state index is 12.0. The molecule has 4 nitrogen and oxygen atoms in total. The van der Waals surface area contributed by atoms with Crippen molar-refractivity contribution in [1.82, 2.24) is 0 Å². The van der Waals surface area contributed by atoms with E-state index in [1.165, 1.54) is 0 Å². The van der Waals surface area contributed by atoms with E-state index in [9.17, 15) is 4.79 Å². The average molecular weight is 248 g/mol. The first kappa shape index (κ1) is 12.9. The molecule has 0 unspecified atom stereocenters. The van der Waals surface area contributed by atoms with Gasteiger partial charge in [0.2, 0.25) is 5.91 Å². The quantitative estimate of drug-likeness (QED) is 0.859. The highest BCUT2D eigenvalue weighted by Crippen LogP contribution is 2.28. The lowest BCUT2D eigenvalue weighted by Gasteiger charge is -2.22. The molecule has 0 radical (unpaired) electrons. The number of carbonyl (C=O) groups is 1. The van der Waals surface area contributed by atoms with Crippen LogP contribution in [0.2, 0.25) is 0 Å². The Bertz CT molecular complexity index is 455. The number of amides is 1. The molecule has 1 aromatic carbocycles. The van der Waals surface area contributed by atoms with Gasteiger partial charge in [-0.15, -0.1) is 0 Å². The number of benzene rings is 1. The second kappa shape index (κ2) is 4.98. The van der Waals surface area contributed by atoms with Crippen LogP contribution < -0.4 is 15.8 Å². The van der Waals surface area contributed by atoms with E-state index in [1.807, 2.05) is 32.0 Å². The van der Waals surface area contributed by atoms with Gasteiger partial charge in [0.25, 0.3) is 0 Å². The predicted octanol–water partition coefficient (Wildman–Crippen LogP) is 1.93. The van der Waals surface area contributed by atoms with Crippen molar-refractivity contribution in [2.75, 3.05) is 18.5 Å². The van der Waals surface area contributed by atoms with E-state index >= 15 is 0 Å². The number of fused-ring (bicyclic) bond motifs is 1. The van der Waals surface area contributed by atoms with Gasteiger partial charge in [-0.2, -0.15) is 0 Å². The maximum absolute atomic E-state index is 12.0. The van der Waals surface area contributed by atoms with Crippen LogP contribution >= 0.6 is 0 Å². The van der Waals surface area contributed by atoms with Crippen LogP contribution in [0.5, 0.6) is 5.75 Å². The number of anilines is 1. The number of nitrogens with two attached hydrogens (primary N) is 1. The Morgan fingerprint density at radius 1 is 1.50 bits per heavy atom. The summed E-state index contributed by atoms with van der Waals surface area (Å²) in [5, 5.41) is 2.91. The van der Waals surface area contributed by atoms with Crippen LogP contribution in [-0.4, -0.2) is 19.1 Å². The molecular weight excluding hydrogens is 228 g/mol. The van der Waals surface area contributed by atoms with E-state index in [-0.39, 0.29) is 5.91 Å². The molecule has 0 aliphatic carbocycles. The molecule has 0 bridgehead atoms. The summed E-state index contributed by atoms with van der Waals surface area (Å²) < 4.78 is 5.54. The van der Waals surface area contributed by atoms with Crippen LogP contribution in [-0.2, 0) is 11.2 Å². The molecule has 1 amide bonds. The molecule has 1 aliphatic heterocycles. The van der Waals surface area contributed by atoms with Crippen molar-refractivity contribution in [3.05, 3.63) is 23.8 Å². The Labute approximate surface area is 108 Å². The molecule has 1 aromatic rings. The zero-order chi connectivity index (χ0) is 13.2. The molecule has 1 aliphatic rings. The third-order valence-electron chi connectivity index (χ3n) is 3.29. The van der Waals surface area contributed by atoms with Crippen LogP contribution in [0.3, 0.4) is 0 Å². The smallest absolute Gasteiger partial charge is 0.231 e. The molecule has 2 rings (SSSR count). The number of carbonyl (C=O) groups excluding carboxylic acids is 1. The molecule has 1 heterocycles. The van der Waals surface area contributed by atoms with Crippen LogP contribution in [0.25, 0.3) is 0 Å². The Hall–Kier alpha value is -1.55. The van der Waals surface area contributed by atoms with Gasteiger partial charge in [0.05, 0.1) is 12.0 Å². The van der Waals surface area contributed by atoms with E-state index in [0.29, 0.717) is 6.54 Å². The molecule has 98 valence electrons. The van der Waals surface area contributed by atoms with Crippen molar-refractivity contribution in [2.45, 2.75) is 26.7 Å². The summed E-state index contributed by atoms with van der Waals surface area (Å²) in [5.41, 5.74) is 7.01. The molecule has 18 heavy (non-hydrogen) atoms. The van der Waals surface area contributed by atoms with Gasteiger partial charge in [-0.1, -0.05) is 0 Å². The normalized spacial score (nSPS) is 14.6. The summed E-state index contributed by atoms with van der Waals surface area (Å²) in [6, 6.07) is 5.77. The van der Waals surface area contributed by atoms with Crippen molar-refractivity contribution < 1.29 is 9.53 Å². The van der Waals surface area contributed by atoms with Gasteiger partial charge in [-0.25, -0.2) is 0 Å². The van der Waals surface area contributed by atoms with Gasteiger partial charge >= 0.3 is 0 Å². The molecule has 4 heteroatoms. The molecular formula is C14H20N2O2. The largest absolute Gasteiger partial charge is 0.493 e. The Morgan fingerprint density at radius 2 is 2.28 bits per heavy atom. The van der Waals surface area contributed by atoms with Crippen molar-refractivity contribution >= 4 is 11.6 Å². The third-order valence-corrected chi connectivity index (χ3v) is 3.29. The highest BCUT2D eigenvalue weighted by atomic mass is 16.5. The topological polar surface area (TPSA) is 64.4 Å². The standard InChI is InChI=1S/C14H20N2O2/c1-14(2,9-15)13(17)16-11-5-6-12-10(8-11)4-3-7-18-12/h5-6,8H,3-4,7,9,15H2,1-2H3,(H,16,17). The summed E-state index contributed by atoms with van der Waals surface area (Å²) in [6.45, 7) is 4.78. The van der Waals surface area contributed by atoms with Gasteiger partial charge in [0.1, 0.15) is 5.75 Å². The Kier molecular flexibility index (Phi) is 3.57. The first-order valence-corrected chi connectivity index (χ1v) is 6.30. The zero-order valence-electron chi connectivity index (χ0n) is 11.0. The number of nitrogens with one attached hydrogen (secondary N) is 1. The van der Waals surface area contributed by atoms with Crippen molar-refractivity contribution in [1.29, 1.82) is 0 Å². The first-order chi connectivity index (χ1) is 8.53. The Morgan fingerprint density at radius 3 is 3.00 bits per heavy atom.